The molecular formula is C15H28O3. The average molecular weight is 256 g/mol. The van der Waals surface area contributed by atoms with Gasteiger partial charge in [-0.15, -0.1) is 6.58 Å². The van der Waals surface area contributed by atoms with Crippen molar-refractivity contribution in [2.24, 2.45) is 0 Å². The Hall–Kier alpha value is -0.830. The van der Waals surface area contributed by atoms with Crippen molar-refractivity contribution < 1.29 is 14.6 Å². The summed E-state index contributed by atoms with van der Waals surface area (Å²) in [6.45, 7) is 7.76. The van der Waals surface area contributed by atoms with Crippen LogP contribution in [0.25, 0.3) is 0 Å². The predicted molar refractivity (Wildman–Crippen MR) is 74.8 cm³/mol. The molecule has 0 saturated heterocycles. The van der Waals surface area contributed by atoms with Gasteiger partial charge in [-0.2, -0.15) is 0 Å². The number of unbranched alkanes of at least 4 members (excludes halogenated alkanes) is 4. The largest absolute Gasteiger partial charge is 0.481 e. The van der Waals surface area contributed by atoms with Crippen LogP contribution >= 0.6 is 0 Å². The van der Waals surface area contributed by atoms with Crippen LogP contribution in [0.15, 0.2) is 12.7 Å². The van der Waals surface area contributed by atoms with Gasteiger partial charge in [0.1, 0.15) is 0 Å². The number of carboxylic acid groups (broad SMARTS) is 1. The number of ether oxygens (including phenoxy) is 1. The van der Waals surface area contributed by atoms with Gasteiger partial charge in [-0.25, -0.2) is 0 Å². The van der Waals surface area contributed by atoms with Gasteiger partial charge >= 0.3 is 5.97 Å². The standard InChI is InChI=1S/C15H28O3/c1-4-6-7-8-9-11-14(10-5-2)18-13(3)12-15(16)17/h5,13-14H,2,4,6-12H2,1,3H3,(H,16,17)/t13-,14+/m1/s1. The highest BCUT2D eigenvalue weighted by Gasteiger charge is 2.14. The fraction of sp³-hybridized carbons (Fsp3) is 0.800. The maximum Gasteiger partial charge on any atom is 0.305 e. The van der Waals surface area contributed by atoms with Crippen LogP contribution in [0.2, 0.25) is 0 Å². The average Bonchev–Trinajstić information content (AvgIpc) is 2.27. The second kappa shape index (κ2) is 11.3. The minimum atomic E-state index is -0.803. The molecule has 106 valence electrons. The first-order valence-corrected chi connectivity index (χ1v) is 7.08. The lowest BCUT2D eigenvalue weighted by molar-refractivity contribution is -0.141. The molecule has 3 heteroatoms. The number of carboxylic acids is 1. The van der Waals surface area contributed by atoms with Crippen molar-refractivity contribution in [3.8, 4) is 0 Å². The lowest BCUT2D eigenvalue weighted by Crippen LogP contribution is -2.22. The number of aliphatic carboxylic acids is 1. The second-order valence-electron chi connectivity index (χ2n) is 4.89. The number of hydrogen-bond donors (Lipinski definition) is 1. The van der Waals surface area contributed by atoms with Gasteiger partial charge in [0, 0.05) is 0 Å². The van der Waals surface area contributed by atoms with E-state index >= 15 is 0 Å². The molecule has 0 unspecified atom stereocenters. The second-order valence-corrected chi connectivity index (χ2v) is 4.89. The molecule has 0 aliphatic rings. The third-order valence-corrected chi connectivity index (χ3v) is 2.95. The Morgan fingerprint density at radius 1 is 1.33 bits per heavy atom. The summed E-state index contributed by atoms with van der Waals surface area (Å²) in [7, 11) is 0. The summed E-state index contributed by atoms with van der Waals surface area (Å²) in [5, 5.41) is 8.70. The summed E-state index contributed by atoms with van der Waals surface area (Å²) in [4.78, 5) is 10.6. The zero-order valence-electron chi connectivity index (χ0n) is 11.9. The maximum atomic E-state index is 10.6. The Balaban J connectivity index is 3.83. The molecule has 1 N–H and O–H groups in total. The van der Waals surface area contributed by atoms with Crippen molar-refractivity contribution in [2.45, 2.75) is 77.4 Å². The SMILES string of the molecule is C=CC[C@@H](CCCCCCC)O[C@H](C)CC(=O)O. The molecule has 0 heterocycles. The number of hydrogen-bond acceptors (Lipinski definition) is 2. The summed E-state index contributed by atoms with van der Waals surface area (Å²) < 4.78 is 5.76. The fourth-order valence-electron chi connectivity index (χ4n) is 2.03. The van der Waals surface area contributed by atoms with E-state index in [4.69, 9.17) is 9.84 Å². The van der Waals surface area contributed by atoms with Crippen molar-refractivity contribution in [1.82, 2.24) is 0 Å². The van der Waals surface area contributed by atoms with Crippen LogP contribution in [0.4, 0.5) is 0 Å². The van der Waals surface area contributed by atoms with Crippen LogP contribution < -0.4 is 0 Å². The van der Waals surface area contributed by atoms with Gasteiger partial charge in [0.25, 0.3) is 0 Å². The molecule has 0 aromatic heterocycles. The van der Waals surface area contributed by atoms with E-state index in [1.807, 2.05) is 13.0 Å². The van der Waals surface area contributed by atoms with E-state index in [0.717, 1.165) is 19.3 Å². The van der Waals surface area contributed by atoms with E-state index in [1.54, 1.807) is 0 Å². The van der Waals surface area contributed by atoms with Crippen LogP contribution in [0.3, 0.4) is 0 Å². The summed E-state index contributed by atoms with van der Waals surface area (Å²) >= 11 is 0. The van der Waals surface area contributed by atoms with Crippen molar-refractivity contribution >= 4 is 5.97 Å². The topological polar surface area (TPSA) is 46.5 Å². The van der Waals surface area contributed by atoms with Gasteiger partial charge < -0.3 is 9.84 Å². The molecule has 0 rings (SSSR count). The fourth-order valence-corrected chi connectivity index (χ4v) is 2.03. The van der Waals surface area contributed by atoms with Gasteiger partial charge in [0.05, 0.1) is 18.6 Å². The Bertz CT molecular complexity index is 226. The van der Waals surface area contributed by atoms with Crippen LogP contribution in [-0.4, -0.2) is 23.3 Å². The van der Waals surface area contributed by atoms with Gasteiger partial charge in [-0.05, 0) is 19.8 Å². The lowest BCUT2D eigenvalue weighted by Gasteiger charge is -2.20. The third-order valence-electron chi connectivity index (χ3n) is 2.95. The van der Waals surface area contributed by atoms with Crippen molar-refractivity contribution in [1.29, 1.82) is 0 Å². The van der Waals surface area contributed by atoms with E-state index in [0.29, 0.717) is 0 Å². The minimum Gasteiger partial charge on any atom is -0.481 e. The molecule has 0 aliphatic heterocycles. The molecule has 18 heavy (non-hydrogen) atoms. The van der Waals surface area contributed by atoms with Gasteiger partial charge in [-0.1, -0.05) is 45.1 Å². The summed E-state index contributed by atoms with van der Waals surface area (Å²) in [5.41, 5.74) is 0. The monoisotopic (exact) mass is 256 g/mol. The molecule has 0 spiro atoms. The Labute approximate surface area is 111 Å². The third kappa shape index (κ3) is 10.3. The molecular weight excluding hydrogens is 228 g/mol. The van der Waals surface area contributed by atoms with Crippen LogP contribution in [0.1, 0.15) is 65.2 Å². The molecule has 0 amide bonds. The van der Waals surface area contributed by atoms with Gasteiger partial charge in [0.2, 0.25) is 0 Å². The van der Waals surface area contributed by atoms with Gasteiger partial charge in [-0.3, -0.25) is 4.79 Å². The molecule has 2 atom stereocenters. The Morgan fingerprint density at radius 2 is 2.00 bits per heavy atom. The zero-order chi connectivity index (χ0) is 13.8. The van der Waals surface area contributed by atoms with E-state index in [-0.39, 0.29) is 18.6 Å². The van der Waals surface area contributed by atoms with Crippen LogP contribution in [0.5, 0.6) is 0 Å². The summed E-state index contributed by atoms with van der Waals surface area (Å²) in [5.74, 6) is -0.803. The zero-order valence-corrected chi connectivity index (χ0v) is 11.9. The van der Waals surface area contributed by atoms with E-state index in [1.165, 1.54) is 25.7 Å². The smallest absolute Gasteiger partial charge is 0.305 e. The number of carbonyl (C=O) groups is 1. The first-order valence-electron chi connectivity index (χ1n) is 7.08. The first kappa shape index (κ1) is 17.2. The first-order chi connectivity index (χ1) is 8.60. The van der Waals surface area contributed by atoms with Crippen molar-refractivity contribution in [3.63, 3.8) is 0 Å². The molecule has 0 aromatic carbocycles. The molecule has 0 aromatic rings. The highest BCUT2D eigenvalue weighted by molar-refractivity contribution is 5.67. The van der Waals surface area contributed by atoms with Crippen LogP contribution in [0, 0.1) is 0 Å². The molecule has 3 nitrogen and oxygen atoms in total. The van der Waals surface area contributed by atoms with Gasteiger partial charge in [0.15, 0.2) is 0 Å². The quantitative estimate of drug-likeness (QED) is 0.421. The van der Waals surface area contributed by atoms with Crippen molar-refractivity contribution in [2.75, 3.05) is 0 Å². The number of rotatable bonds is 12. The lowest BCUT2D eigenvalue weighted by atomic mass is 10.1. The highest BCUT2D eigenvalue weighted by atomic mass is 16.5. The predicted octanol–water partition coefficient (Wildman–Crippen LogP) is 4.17. The van der Waals surface area contributed by atoms with Crippen LogP contribution in [-0.2, 0) is 9.53 Å². The highest BCUT2D eigenvalue weighted by Crippen LogP contribution is 2.15. The molecule has 0 aliphatic carbocycles. The Morgan fingerprint density at radius 3 is 2.56 bits per heavy atom. The molecule has 0 bridgehead atoms. The van der Waals surface area contributed by atoms with E-state index in [2.05, 4.69) is 13.5 Å². The van der Waals surface area contributed by atoms with Crippen molar-refractivity contribution in [3.05, 3.63) is 12.7 Å². The summed E-state index contributed by atoms with van der Waals surface area (Å²) in [6, 6.07) is 0. The minimum absolute atomic E-state index is 0.0729. The van der Waals surface area contributed by atoms with E-state index < -0.39 is 5.97 Å². The molecule has 0 saturated carbocycles. The normalized spacial score (nSPS) is 14.1. The molecule has 0 radical (unpaired) electrons. The molecule has 0 fully saturated rings. The maximum absolute atomic E-state index is 10.6. The van der Waals surface area contributed by atoms with E-state index in [9.17, 15) is 4.79 Å². The summed E-state index contributed by atoms with van der Waals surface area (Å²) in [6.07, 6.45) is 9.84. The Kier molecular flexibility index (Phi) is 10.8.